The normalized spacial score (nSPS) is 10.7. The minimum atomic E-state index is -2.77. The summed E-state index contributed by atoms with van der Waals surface area (Å²) >= 11 is 5.61. The largest absolute Gasteiger partial charge is 0.495 e. The Morgan fingerprint density at radius 3 is 2.71 bits per heavy atom. The summed E-state index contributed by atoms with van der Waals surface area (Å²) in [5.41, 5.74) is -0.420. The first-order chi connectivity index (χ1) is 6.61. The minimum Gasteiger partial charge on any atom is -0.495 e. The third-order valence-electron chi connectivity index (χ3n) is 1.69. The Morgan fingerprint density at radius 1 is 1.64 bits per heavy atom. The van der Waals surface area contributed by atoms with Gasteiger partial charge in [-0.2, -0.15) is 0 Å². The highest BCUT2D eigenvalue weighted by atomic mass is 35.5. The van der Waals surface area contributed by atoms with Crippen LogP contribution in [0.25, 0.3) is 0 Å². The molecule has 3 nitrogen and oxygen atoms in total. The smallest absolute Gasteiger partial charge is 0.281 e. The van der Waals surface area contributed by atoms with Gasteiger partial charge in [-0.05, 0) is 0 Å². The van der Waals surface area contributed by atoms with Gasteiger partial charge < -0.3 is 9.84 Å². The lowest BCUT2D eigenvalue weighted by molar-refractivity contribution is 0.145. The molecule has 1 rings (SSSR count). The van der Waals surface area contributed by atoms with Crippen molar-refractivity contribution in [3.63, 3.8) is 0 Å². The van der Waals surface area contributed by atoms with Crippen LogP contribution < -0.4 is 4.74 Å². The van der Waals surface area contributed by atoms with Crippen molar-refractivity contribution < 1.29 is 18.6 Å². The Kier molecular flexibility index (Phi) is 3.60. The second-order valence-corrected chi connectivity index (χ2v) is 2.84. The second-order valence-electron chi connectivity index (χ2n) is 2.46. The number of methoxy groups -OCH3 is 1. The fourth-order valence-electron chi connectivity index (χ4n) is 1.00. The number of hydrogen-bond donors (Lipinski definition) is 1. The summed E-state index contributed by atoms with van der Waals surface area (Å²) in [4.78, 5) is 3.44. The molecule has 0 amide bonds. The number of pyridine rings is 1. The summed E-state index contributed by atoms with van der Waals surface area (Å²) in [5, 5.41) is 8.65. The number of rotatable bonds is 3. The third kappa shape index (κ3) is 1.93. The maximum absolute atomic E-state index is 12.3. The van der Waals surface area contributed by atoms with E-state index >= 15 is 0 Å². The molecule has 0 saturated heterocycles. The molecule has 14 heavy (non-hydrogen) atoms. The van der Waals surface area contributed by atoms with E-state index in [0.29, 0.717) is 0 Å². The van der Waals surface area contributed by atoms with Gasteiger partial charge in [0.1, 0.15) is 11.4 Å². The van der Waals surface area contributed by atoms with Gasteiger partial charge in [-0.3, -0.25) is 0 Å². The molecule has 0 unspecified atom stereocenters. The van der Waals surface area contributed by atoms with E-state index in [0.717, 1.165) is 6.20 Å². The van der Waals surface area contributed by atoms with Crippen molar-refractivity contribution in [2.45, 2.75) is 13.0 Å². The van der Waals surface area contributed by atoms with Crippen molar-refractivity contribution >= 4 is 11.6 Å². The van der Waals surface area contributed by atoms with Crippen LogP contribution in [-0.2, 0) is 6.61 Å². The molecule has 1 aromatic rings. The average Bonchev–Trinajstić information content (AvgIpc) is 2.16. The van der Waals surface area contributed by atoms with E-state index in [4.69, 9.17) is 21.4 Å². The van der Waals surface area contributed by atoms with Crippen molar-refractivity contribution in [1.29, 1.82) is 0 Å². The Labute approximate surface area is 84.3 Å². The van der Waals surface area contributed by atoms with Crippen LogP contribution in [0.4, 0.5) is 8.78 Å². The number of halogens is 3. The molecular formula is C8H8ClF2NO2. The van der Waals surface area contributed by atoms with Gasteiger partial charge >= 0.3 is 0 Å². The third-order valence-corrected chi connectivity index (χ3v) is 2.11. The van der Waals surface area contributed by atoms with Gasteiger partial charge in [0, 0.05) is 5.56 Å². The second kappa shape index (κ2) is 4.52. The van der Waals surface area contributed by atoms with E-state index < -0.39 is 18.7 Å². The van der Waals surface area contributed by atoms with Crippen LogP contribution in [0.2, 0.25) is 5.02 Å². The molecule has 6 heteroatoms. The standard InChI is InChI=1S/C8H8ClF2NO2/c1-14-5-2-12-7(8(10)11)6(9)4(5)3-13/h2,8,13H,3H2,1H3. The van der Waals surface area contributed by atoms with E-state index in [9.17, 15) is 8.78 Å². The summed E-state index contributed by atoms with van der Waals surface area (Å²) in [6, 6.07) is 0. The van der Waals surface area contributed by atoms with Gasteiger partial charge in [0.05, 0.1) is 24.9 Å². The summed E-state index contributed by atoms with van der Waals surface area (Å²) in [5.74, 6) is 0.196. The highest BCUT2D eigenvalue weighted by Crippen LogP contribution is 2.32. The molecule has 1 N–H and O–H groups in total. The van der Waals surface area contributed by atoms with Crippen molar-refractivity contribution in [3.8, 4) is 5.75 Å². The first-order valence-corrected chi connectivity index (χ1v) is 4.09. The van der Waals surface area contributed by atoms with E-state index in [2.05, 4.69) is 4.98 Å². The van der Waals surface area contributed by atoms with Crippen LogP contribution >= 0.6 is 11.6 Å². The van der Waals surface area contributed by atoms with Crippen molar-refractivity contribution in [2.75, 3.05) is 7.11 Å². The number of aromatic nitrogens is 1. The van der Waals surface area contributed by atoms with Gasteiger partial charge in [-0.25, -0.2) is 13.8 Å². The monoisotopic (exact) mass is 223 g/mol. The SMILES string of the molecule is COc1cnc(C(F)F)c(Cl)c1CO. The molecule has 0 aromatic carbocycles. The molecule has 78 valence electrons. The Bertz CT molecular complexity index is 333. The van der Waals surface area contributed by atoms with Gasteiger partial charge in [0.15, 0.2) is 0 Å². The molecule has 0 spiro atoms. The first kappa shape index (κ1) is 11.1. The lowest BCUT2D eigenvalue weighted by atomic mass is 10.2. The summed E-state index contributed by atoms with van der Waals surface area (Å²) in [6.07, 6.45) is -1.66. The van der Waals surface area contributed by atoms with E-state index in [1.165, 1.54) is 7.11 Å². The molecule has 0 aliphatic carbocycles. The zero-order valence-corrected chi connectivity index (χ0v) is 8.05. The molecule has 1 aromatic heterocycles. The average molecular weight is 224 g/mol. The lowest BCUT2D eigenvalue weighted by Crippen LogP contribution is -2.00. The Balaban J connectivity index is 3.27. The van der Waals surface area contributed by atoms with Gasteiger partial charge in [0.2, 0.25) is 0 Å². The van der Waals surface area contributed by atoms with Crippen molar-refractivity contribution in [1.82, 2.24) is 4.98 Å². The van der Waals surface area contributed by atoms with Crippen LogP contribution in [0, 0.1) is 0 Å². The number of aliphatic hydroxyl groups is 1. The molecule has 0 bridgehead atoms. The lowest BCUT2D eigenvalue weighted by Gasteiger charge is -2.10. The Morgan fingerprint density at radius 2 is 2.29 bits per heavy atom. The highest BCUT2D eigenvalue weighted by Gasteiger charge is 2.19. The maximum Gasteiger partial charge on any atom is 0.281 e. The predicted octanol–water partition coefficient (Wildman–Crippen LogP) is 2.17. The van der Waals surface area contributed by atoms with Crippen LogP contribution in [0.3, 0.4) is 0 Å². The van der Waals surface area contributed by atoms with Crippen LogP contribution in [-0.4, -0.2) is 17.2 Å². The topological polar surface area (TPSA) is 42.4 Å². The van der Waals surface area contributed by atoms with Gasteiger partial charge in [-0.15, -0.1) is 0 Å². The molecular weight excluding hydrogens is 216 g/mol. The van der Waals surface area contributed by atoms with E-state index in [1.807, 2.05) is 0 Å². The molecule has 0 saturated carbocycles. The number of hydrogen-bond acceptors (Lipinski definition) is 3. The highest BCUT2D eigenvalue weighted by molar-refractivity contribution is 6.32. The minimum absolute atomic E-state index is 0.125. The van der Waals surface area contributed by atoms with Crippen LogP contribution in [0.5, 0.6) is 5.75 Å². The summed E-state index contributed by atoms with van der Waals surface area (Å²) in [6.45, 7) is -0.468. The van der Waals surface area contributed by atoms with Gasteiger partial charge in [0.25, 0.3) is 6.43 Å². The predicted molar refractivity (Wildman–Crippen MR) is 46.7 cm³/mol. The first-order valence-electron chi connectivity index (χ1n) is 3.72. The fraction of sp³-hybridized carbons (Fsp3) is 0.375. The Hall–Kier alpha value is -0.940. The molecule has 0 aliphatic rings. The summed E-state index contributed by atoms with van der Waals surface area (Å²) < 4.78 is 29.4. The van der Waals surface area contributed by atoms with Crippen LogP contribution in [0.1, 0.15) is 17.7 Å². The number of aliphatic hydroxyl groups excluding tert-OH is 1. The number of nitrogens with zero attached hydrogens (tertiary/aromatic N) is 1. The van der Waals surface area contributed by atoms with E-state index in [1.54, 1.807) is 0 Å². The fourth-order valence-corrected chi connectivity index (χ4v) is 1.29. The molecule has 0 aliphatic heterocycles. The van der Waals surface area contributed by atoms with E-state index in [-0.39, 0.29) is 16.3 Å². The quantitative estimate of drug-likeness (QED) is 0.854. The number of ether oxygens (including phenoxy) is 1. The molecule has 0 atom stereocenters. The van der Waals surface area contributed by atoms with Gasteiger partial charge in [-0.1, -0.05) is 11.6 Å². The molecule has 0 fully saturated rings. The number of alkyl halides is 2. The van der Waals surface area contributed by atoms with Crippen molar-refractivity contribution in [3.05, 3.63) is 22.5 Å². The van der Waals surface area contributed by atoms with Crippen molar-refractivity contribution in [2.24, 2.45) is 0 Å². The summed E-state index contributed by atoms with van der Waals surface area (Å²) in [7, 11) is 1.34. The maximum atomic E-state index is 12.3. The zero-order chi connectivity index (χ0) is 10.7. The molecule has 1 heterocycles. The zero-order valence-electron chi connectivity index (χ0n) is 7.30. The molecule has 0 radical (unpaired) electrons. The van der Waals surface area contributed by atoms with Crippen LogP contribution in [0.15, 0.2) is 6.20 Å².